The fourth-order valence-electron chi connectivity index (χ4n) is 1.41. The summed E-state index contributed by atoms with van der Waals surface area (Å²) >= 11 is 0. The Morgan fingerprint density at radius 2 is 1.86 bits per heavy atom. The number of halogens is 4. The maximum absolute atomic E-state index is 12.4. The van der Waals surface area contributed by atoms with E-state index >= 15 is 0 Å². The first kappa shape index (κ1) is 17.4. The number of hydrogen-bond acceptors (Lipinski definition) is 5. The fraction of sp³-hybridized carbons (Fsp3) is 0.667. The van der Waals surface area contributed by atoms with Gasteiger partial charge in [-0.05, 0) is 12.8 Å². The van der Waals surface area contributed by atoms with Crippen LogP contribution in [-0.4, -0.2) is 50.2 Å². The van der Waals surface area contributed by atoms with E-state index in [1.54, 1.807) is 0 Å². The average Bonchev–Trinajstić information content (AvgIpc) is 2.93. The summed E-state index contributed by atoms with van der Waals surface area (Å²) in [6, 6.07) is 0. The topological polar surface area (TPSA) is 61.8 Å². The van der Waals surface area contributed by atoms with Crippen molar-refractivity contribution >= 4 is 11.9 Å². The molecule has 0 N–H and O–H groups in total. The summed E-state index contributed by atoms with van der Waals surface area (Å²) in [6.45, 7) is -1.16. The molecule has 0 radical (unpaired) electrons. The summed E-state index contributed by atoms with van der Waals surface area (Å²) in [5, 5.41) is 0. The highest BCUT2D eigenvalue weighted by atomic mass is 19.3. The van der Waals surface area contributed by atoms with Gasteiger partial charge in [-0.1, -0.05) is 0 Å². The van der Waals surface area contributed by atoms with Crippen molar-refractivity contribution in [2.45, 2.75) is 31.3 Å². The van der Waals surface area contributed by atoms with Crippen molar-refractivity contribution in [1.82, 2.24) is 0 Å². The summed E-state index contributed by atoms with van der Waals surface area (Å²) in [6.07, 6.45) is -1.33. The molecule has 0 bridgehead atoms. The number of alkyl halides is 4. The van der Waals surface area contributed by atoms with Gasteiger partial charge in [0.25, 0.3) is 0 Å². The largest absolute Gasteiger partial charge is 0.460 e. The maximum atomic E-state index is 12.4. The zero-order chi connectivity index (χ0) is 15.9. The molecule has 21 heavy (non-hydrogen) atoms. The zero-order valence-corrected chi connectivity index (χ0v) is 10.9. The average molecular weight is 314 g/mol. The number of carbonyl (C=O) groups excluding carboxylic acids is 2. The van der Waals surface area contributed by atoms with Gasteiger partial charge in [0.1, 0.15) is 6.61 Å². The molecule has 9 heteroatoms. The smallest absolute Gasteiger partial charge is 0.340 e. The summed E-state index contributed by atoms with van der Waals surface area (Å²) < 4.78 is 62.3. The summed E-state index contributed by atoms with van der Waals surface area (Å²) in [4.78, 5) is 22.1. The Morgan fingerprint density at radius 1 is 1.24 bits per heavy atom. The van der Waals surface area contributed by atoms with Crippen LogP contribution in [0.3, 0.4) is 0 Å². The van der Waals surface area contributed by atoms with Crippen LogP contribution >= 0.6 is 0 Å². The van der Waals surface area contributed by atoms with Crippen LogP contribution in [0, 0.1) is 0 Å². The second kappa shape index (κ2) is 7.96. The van der Waals surface area contributed by atoms with E-state index in [0.29, 0.717) is 18.8 Å². The highest BCUT2D eigenvalue weighted by Gasteiger charge is 2.42. The highest BCUT2D eigenvalue weighted by molar-refractivity contribution is 5.91. The molecular formula is C12H14F4O5. The van der Waals surface area contributed by atoms with Gasteiger partial charge in [-0.15, -0.1) is 0 Å². The van der Waals surface area contributed by atoms with Crippen molar-refractivity contribution in [2.75, 3.05) is 19.8 Å². The van der Waals surface area contributed by atoms with E-state index in [0.717, 1.165) is 12.8 Å². The van der Waals surface area contributed by atoms with Crippen molar-refractivity contribution in [3.05, 3.63) is 12.2 Å². The van der Waals surface area contributed by atoms with Crippen LogP contribution in [0.1, 0.15) is 12.8 Å². The van der Waals surface area contributed by atoms with Gasteiger partial charge in [0, 0.05) is 18.8 Å². The van der Waals surface area contributed by atoms with Crippen molar-refractivity contribution in [3.63, 3.8) is 0 Å². The van der Waals surface area contributed by atoms with Gasteiger partial charge in [0.15, 0.2) is 6.61 Å². The van der Waals surface area contributed by atoms with Crippen LogP contribution in [0.2, 0.25) is 0 Å². The van der Waals surface area contributed by atoms with E-state index in [1.165, 1.54) is 0 Å². The monoisotopic (exact) mass is 314 g/mol. The SMILES string of the molecule is O=C(/C=C/C(=O)OCC(F)(F)C(F)F)OCC1CCCO1. The quantitative estimate of drug-likeness (QED) is 0.407. The van der Waals surface area contributed by atoms with Gasteiger partial charge in [-0.2, -0.15) is 8.78 Å². The summed E-state index contributed by atoms with van der Waals surface area (Å²) in [5.41, 5.74) is 0. The fourth-order valence-corrected chi connectivity index (χ4v) is 1.41. The van der Waals surface area contributed by atoms with Crippen LogP contribution in [0.4, 0.5) is 17.6 Å². The molecule has 1 aliphatic heterocycles. The Bertz CT molecular complexity index is 391. The Kier molecular flexibility index (Phi) is 6.60. The number of esters is 2. The molecular weight excluding hydrogens is 300 g/mol. The molecule has 0 spiro atoms. The molecule has 1 heterocycles. The number of carbonyl (C=O) groups is 2. The Labute approximate surface area is 117 Å². The van der Waals surface area contributed by atoms with Gasteiger partial charge in [0.2, 0.25) is 0 Å². The molecule has 120 valence electrons. The first-order valence-corrected chi connectivity index (χ1v) is 6.10. The van der Waals surface area contributed by atoms with Gasteiger partial charge < -0.3 is 14.2 Å². The van der Waals surface area contributed by atoms with Crippen molar-refractivity contribution in [2.24, 2.45) is 0 Å². The number of hydrogen-bond donors (Lipinski definition) is 0. The molecule has 0 aromatic heterocycles. The van der Waals surface area contributed by atoms with Gasteiger partial charge in [-0.3, -0.25) is 0 Å². The lowest BCUT2D eigenvalue weighted by molar-refractivity contribution is -0.176. The Balaban J connectivity index is 2.24. The van der Waals surface area contributed by atoms with E-state index < -0.39 is 30.9 Å². The van der Waals surface area contributed by atoms with Crippen LogP contribution < -0.4 is 0 Å². The molecule has 1 fully saturated rings. The van der Waals surface area contributed by atoms with Crippen LogP contribution in [0.25, 0.3) is 0 Å². The highest BCUT2D eigenvalue weighted by Crippen LogP contribution is 2.22. The molecule has 0 aliphatic carbocycles. The number of rotatable bonds is 7. The van der Waals surface area contributed by atoms with E-state index in [2.05, 4.69) is 4.74 Å². The van der Waals surface area contributed by atoms with Gasteiger partial charge in [-0.25, -0.2) is 18.4 Å². The van der Waals surface area contributed by atoms with Crippen LogP contribution in [0.15, 0.2) is 12.2 Å². The lowest BCUT2D eigenvalue weighted by Gasteiger charge is -2.14. The maximum Gasteiger partial charge on any atom is 0.340 e. The lowest BCUT2D eigenvalue weighted by Crippen LogP contribution is -2.33. The molecule has 0 aromatic rings. The third-order valence-corrected chi connectivity index (χ3v) is 2.52. The molecule has 0 amide bonds. The van der Waals surface area contributed by atoms with Gasteiger partial charge in [0.05, 0.1) is 6.10 Å². The van der Waals surface area contributed by atoms with E-state index in [1.807, 2.05) is 0 Å². The van der Waals surface area contributed by atoms with E-state index in [4.69, 9.17) is 9.47 Å². The molecule has 1 atom stereocenters. The van der Waals surface area contributed by atoms with E-state index in [-0.39, 0.29) is 12.7 Å². The van der Waals surface area contributed by atoms with E-state index in [9.17, 15) is 27.2 Å². The normalized spacial score (nSPS) is 19.2. The number of ether oxygens (including phenoxy) is 3. The minimum Gasteiger partial charge on any atom is -0.460 e. The Morgan fingerprint density at radius 3 is 2.38 bits per heavy atom. The third-order valence-electron chi connectivity index (χ3n) is 2.52. The van der Waals surface area contributed by atoms with Crippen LogP contribution in [0.5, 0.6) is 0 Å². The minimum atomic E-state index is -4.43. The molecule has 0 aromatic carbocycles. The van der Waals surface area contributed by atoms with Crippen molar-refractivity contribution in [1.29, 1.82) is 0 Å². The molecule has 1 aliphatic rings. The van der Waals surface area contributed by atoms with Gasteiger partial charge >= 0.3 is 24.3 Å². The second-order valence-electron chi connectivity index (χ2n) is 4.27. The molecule has 1 unspecified atom stereocenters. The minimum absolute atomic E-state index is 0.0156. The molecule has 5 nitrogen and oxygen atoms in total. The summed E-state index contributed by atoms with van der Waals surface area (Å²) in [7, 11) is 0. The summed E-state index contributed by atoms with van der Waals surface area (Å²) in [5.74, 6) is -6.66. The standard InChI is InChI=1S/C12H14F4O5/c13-11(14)12(15,16)7-21-10(18)4-3-9(17)20-6-8-2-1-5-19-8/h3-4,8,11H,1-2,5-7H2/b4-3+. The zero-order valence-electron chi connectivity index (χ0n) is 10.9. The molecule has 0 saturated carbocycles. The molecule has 1 rings (SSSR count). The third kappa shape index (κ3) is 6.56. The second-order valence-corrected chi connectivity index (χ2v) is 4.27. The Hall–Kier alpha value is -1.64. The first-order valence-electron chi connectivity index (χ1n) is 6.10. The van der Waals surface area contributed by atoms with Crippen molar-refractivity contribution in [3.8, 4) is 0 Å². The molecule has 1 saturated heterocycles. The predicted octanol–water partition coefficient (Wildman–Crippen LogP) is 1.71. The first-order chi connectivity index (χ1) is 9.81. The van der Waals surface area contributed by atoms with Crippen LogP contribution in [-0.2, 0) is 23.8 Å². The predicted molar refractivity (Wildman–Crippen MR) is 61.0 cm³/mol. The van der Waals surface area contributed by atoms with Crippen molar-refractivity contribution < 1.29 is 41.4 Å². The lowest BCUT2D eigenvalue weighted by atomic mass is 10.2.